The van der Waals surface area contributed by atoms with Gasteiger partial charge in [-0.25, -0.2) is 9.97 Å². The average molecular weight is 258 g/mol. The van der Waals surface area contributed by atoms with Crippen LogP contribution in [-0.2, 0) is 13.0 Å². The van der Waals surface area contributed by atoms with Crippen LogP contribution in [0, 0.1) is 11.8 Å². The summed E-state index contributed by atoms with van der Waals surface area (Å²) < 4.78 is 2.32. The van der Waals surface area contributed by atoms with Gasteiger partial charge in [0.2, 0.25) is 0 Å². The lowest BCUT2D eigenvalue weighted by Crippen LogP contribution is -2.15. The van der Waals surface area contributed by atoms with Crippen LogP contribution < -0.4 is 5.32 Å². The van der Waals surface area contributed by atoms with E-state index in [1.54, 1.807) is 0 Å². The second kappa shape index (κ2) is 5.29. The number of nitrogens with zero attached hydrogens (tertiary/aromatic N) is 3. The Hall–Kier alpha value is -1.42. The maximum Gasteiger partial charge on any atom is 0.159 e. The van der Waals surface area contributed by atoms with Crippen molar-refractivity contribution in [2.75, 3.05) is 13.1 Å². The van der Waals surface area contributed by atoms with Crippen molar-refractivity contribution in [2.24, 2.45) is 11.8 Å². The highest BCUT2D eigenvalue weighted by Gasteiger charge is 2.20. The second-order valence-electron chi connectivity index (χ2n) is 5.94. The Kier molecular flexibility index (Phi) is 3.51. The van der Waals surface area contributed by atoms with E-state index in [4.69, 9.17) is 4.98 Å². The lowest BCUT2D eigenvalue weighted by molar-refractivity contribution is 0.486. The Morgan fingerprint density at radius 2 is 2.37 bits per heavy atom. The summed E-state index contributed by atoms with van der Waals surface area (Å²) in [7, 11) is 0. The molecule has 1 fully saturated rings. The van der Waals surface area contributed by atoms with Crippen LogP contribution in [0.4, 0.5) is 0 Å². The van der Waals surface area contributed by atoms with E-state index in [1.807, 2.05) is 12.3 Å². The van der Waals surface area contributed by atoms with Crippen molar-refractivity contribution in [3.05, 3.63) is 24.2 Å². The summed E-state index contributed by atoms with van der Waals surface area (Å²) in [5, 5.41) is 3.43. The predicted octanol–water partition coefficient (Wildman–Crippen LogP) is 2.24. The first kappa shape index (κ1) is 12.6. The Morgan fingerprint density at radius 3 is 3.11 bits per heavy atom. The van der Waals surface area contributed by atoms with E-state index in [9.17, 15) is 0 Å². The summed E-state index contributed by atoms with van der Waals surface area (Å²) in [4.78, 5) is 9.32. The minimum absolute atomic E-state index is 0.611. The highest BCUT2D eigenvalue weighted by atomic mass is 15.1. The molecular formula is C15H22N4. The minimum Gasteiger partial charge on any atom is -0.316 e. The molecule has 3 heterocycles. The van der Waals surface area contributed by atoms with Crippen LogP contribution in [0.25, 0.3) is 11.2 Å². The first-order valence-corrected chi connectivity index (χ1v) is 7.25. The van der Waals surface area contributed by atoms with E-state index < -0.39 is 0 Å². The van der Waals surface area contributed by atoms with Crippen molar-refractivity contribution in [3.8, 4) is 0 Å². The molecule has 1 N–H and O–H groups in total. The fourth-order valence-corrected chi connectivity index (χ4v) is 2.87. The third-order valence-corrected chi connectivity index (χ3v) is 3.76. The molecule has 4 heteroatoms. The largest absolute Gasteiger partial charge is 0.316 e. The second-order valence-corrected chi connectivity index (χ2v) is 5.94. The first-order chi connectivity index (χ1) is 9.24. The van der Waals surface area contributed by atoms with Crippen LogP contribution in [0.2, 0.25) is 0 Å². The molecule has 1 aliphatic heterocycles. The zero-order valence-electron chi connectivity index (χ0n) is 11.8. The van der Waals surface area contributed by atoms with E-state index >= 15 is 0 Å². The lowest BCUT2D eigenvalue weighted by Gasteiger charge is -2.13. The van der Waals surface area contributed by atoms with Gasteiger partial charge >= 0.3 is 0 Å². The number of rotatable bonds is 4. The Balaban J connectivity index is 1.96. The van der Waals surface area contributed by atoms with Gasteiger partial charge in [-0.1, -0.05) is 13.8 Å². The highest BCUT2D eigenvalue weighted by molar-refractivity contribution is 5.71. The van der Waals surface area contributed by atoms with Gasteiger partial charge in [0, 0.05) is 19.2 Å². The molecular weight excluding hydrogens is 236 g/mol. The number of imidazole rings is 1. The number of nitrogens with one attached hydrogen (secondary N) is 1. The molecule has 0 aromatic carbocycles. The molecule has 2 aromatic rings. The first-order valence-electron chi connectivity index (χ1n) is 7.25. The van der Waals surface area contributed by atoms with Crippen LogP contribution in [0.5, 0.6) is 0 Å². The molecule has 0 bridgehead atoms. The van der Waals surface area contributed by atoms with Crippen molar-refractivity contribution in [1.29, 1.82) is 0 Å². The Bertz CT molecular complexity index is 552. The standard InChI is InChI=1S/C15H22N4/c1-11(2)10-19-14(8-12-5-7-16-9-12)18-13-4-3-6-17-15(13)19/h3-4,6,11-12,16H,5,7-10H2,1-2H3. The quantitative estimate of drug-likeness (QED) is 0.914. The van der Waals surface area contributed by atoms with Gasteiger partial charge in [-0.2, -0.15) is 0 Å². The topological polar surface area (TPSA) is 42.7 Å². The van der Waals surface area contributed by atoms with Gasteiger partial charge in [0.15, 0.2) is 5.65 Å². The third-order valence-electron chi connectivity index (χ3n) is 3.76. The van der Waals surface area contributed by atoms with Crippen LogP contribution in [0.3, 0.4) is 0 Å². The summed E-state index contributed by atoms with van der Waals surface area (Å²) in [6.45, 7) is 7.76. The molecule has 2 aromatic heterocycles. The van der Waals surface area contributed by atoms with Crippen molar-refractivity contribution >= 4 is 11.2 Å². The SMILES string of the molecule is CC(C)Cn1c(CC2CCNC2)nc2cccnc21. The molecule has 0 radical (unpaired) electrons. The maximum atomic E-state index is 4.80. The van der Waals surface area contributed by atoms with Gasteiger partial charge < -0.3 is 9.88 Å². The van der Waals surface area contributed by atoms with Gasteiger partial charge in [-0.15, -0.1) is 0 Å². The van der Waals surface area contributed by atoms with Gasteiger partial charge in [-0.3, -0.25) is 0 Å². The Labute approximate surface area is 114 Å². The molecule has 3 rings (SSSR count). The van der Waals surface area contributed by atoms with E-state index in [-0.39, 0.29) is 0 Å². The lowest BCUT2D eigenvalue weighted by atomic mass is 10.0. The molecule has 1 unspecified atom stereocenters. The van der Waals surface area contributed by atoms with E-state index in [0.29, 0.717) is 5.92 Å². The van der Waals surface area contributed by atoms with Crippen LogP contribution >= 0.6 is 0 Å². The molecule has 0 amide bonds. The van der Waals surface area contributed by atoms with Gasteiger partial charge in [0.25, 0.3) is 0 Å². The van der Waals surface area contributed by atoms with Crippen LogP contribution in [-0.4, -0.2) is 27.6 Å². The summed E-state index contributed by atoms with van der Waals surface area (Å²) in [5.74, 6) is 2.54. The van der Waals surface area contributed by atoms with E-state index in [2.05, 4.69) is 34.8 Å². The van der Waals surface area contributed by atoms with Crippen molar-refractivity contribution in [2.45, 2.75) is 33.2 Å². The van der Waals surface area contributed by atoms with Gasteiger partial charge in [-0.05, 0) is 43.5 Å². The van der Waals surface area contributed by atoms with E-state index in [1.165, 1.54) is 12.2 Å². The zero-order chi connectivity index (χ0) is 13.2. The predicted molar refractivity (Wildman–Crippen MR) is 77.0 cm³/mol. The smallest absolute Gasteiger partial charge is 0.159 e. The third kappa shape index (κ3) is 2.63. The number of aromatic nitrogens is 3. The molecule has 1 aliphatic rings. The number of fused-ring (bicyclic) bond motifs is 1. The summed E-state index contributed by atoms with van der Waals surface area (Å²) in [5.41, 5.74) is 2.07. The monoisotopic (exact) mass is 258 g/mol. The number of pyridine rings is 1. The number of hydrogen-bond donors (Lipinski definition) is 1. The van der Waals surface area contributed by atoms with Gasteiger partial charge in [0.1, 0.15) is 11.3 Å². The molecule has 19 heavy (non-hydrogen) atoms. The van der Waals surface area contributed by atoms with Crippen LogP contribution in [0.15, 0.2) is 18.3 Å². The molecule has 0 aliphatic carbocycles. The van der Waals surface area contributed by atoms with E-state index in [0.717, 1.165) is 43.1 Å². The molecule has 102 valence electrons. The molecule has 0 spiro atoms. The summed E-state index contributed by atoms with van der Waals surface area (Å²) >= 11 is 0. The van der Waals surface area contributed by atoms with Crippen molar-refractivity contribution in [1.82, 2.24) is 19.9 Å². The van der Waals surface area contributed by atoms with Crippen molar-refractivity contribution in [3.63, 3.8) is 0 Å². The Morgan fingerprint density at radius 1 is 1.47 bits per heavy atom. The number of hydrogen-bond acceptors (Lipinski definition) is 3. The average Bonchev–Trinajstić information content (AvgIpc) is 2.99. The maximum absolute atomic E-state index is 4.80. The fourth-order valence-electron chi connectivity index (χ4n) is 2.87. The summed E-state index contributed by atoms with van der Waals surface area (Å²) in [6.07, 6.45) is 4.19. The molecule has 1 saturated heterocycles. The molecule has 4 nitrogen and oxygen atoms in total. The normalized spacial score (nSPS) is 19.6. The molecule has 0 saturated carbocycles. The summed E-state index contributed by atoms with van der Waals surface area (Å²) in [6, 6.07) is 4.03. The van der Waals surface area contributed by atoms with Gasteiger partial charge in [0.05, 0.1) is 0 Å². The highest BCUT2D eigenvalue weighted by Crippen LogP contribution is 2.20. The fraction of sp³-hybridized carbons (Fsp3) is 0.600. The van der Waals surface area contributed by atoms with Crippen LogP contribution in [0.1, 0.15) is 26.1 Å². The zero-order valence-corrected chi connectivity index (χ0v) is 11.8. The molecule has 1 atom stereocenters. The van der Waals surface area contributed by atoms with Crippen molar-refractivity contribution < 1.29 is 0 Å². The minimum atomic E-state index is 0.611.